The summed E-state index contributed by atoms with van der Waals surface area (Å²) in [6, 6.07) is 30.4. The molecule has 4 aromatic rings. The van der Waals surface area contributed by atoms with E-state index in [1.807, 2.05) is 36.4 Å². The summed E-state index contributed by atoms with van der Waals surface area (Å²) >= 11 is 0. The van der Waals surface area contributed by atoms with Crippen molar-refractivity contribution in [3.05, 3.63) is 131 Å². The molecule has 0 saturated carbocycles. The highest BCUT2D eigenvalue weighted by Gasteiger charge is 2.25. The van der Waals surface area contributed by atoms with Crippen LogP contribution in [0, 0.1) is 0 Å². The fraction of sp³-hybridized carbons (Fsp3) is 0.0667. The van der Waals surface area contributed by atoms with Gasteiger partial charge in [-0.3, -0.25) is 9.59 Å². The molecular formula is C30H24N2O6S2. The third kappa shape index (κ3) is 6.71. The van der Waals surface area contributed by atoms with Gasteiger partial charge < -0.3 is 9.47 Å². The van der Waals surface area contributed by atoms with Crippen LogP contribution in [-0.2, 0) is 9.47 Å². The smallest absolute Gasteiger partial charge is 0.337 e. The third-order valence-electron chi connectivity index (χ3n) is 5.64. The summed E-state index contributed by atoms with van der Waals surface area (Å²) in [5, 5.41) is 0. The van der Waals surface area contributed by atoms with Crippen LogP contribution in [0.4, 0.5) is 11.4 Å². The monoisotopic (exact) mass is 572 g/mol. The predicted molar refractivity (Wildman–Crippen MR) is 157 cm³/mol. The van der Waals surface area contributed by atoms with E-state index < -0.39 is 11.9 Å². The minimum atomic E-state index is -0.500. The second kappa shape index (κ2) is 13.5. The average Bonchev–Trinajstić information content (AvgIpc) is 3.02. The number of anilines is 2. The molecule has 0 radical (unpaired) electrons. The lowest BCUT2D eigenvalue weighted by Crippen LogP contribution is -2.27. The summed E-state index contributed by atoms with van der Waals surface area (Å²) in [5.74, 6) is -1.69. The van der Waals surface area contributed by atoms with Gasteiger partial charge in [-0.05, 0) is 72.8 Å². The van der Waals surface area contributed by atoms with Gasteiger partial charge in [-0.15, -0.1) is 0 Å². The normalized spacial score (nSPS) is 10.3. The molecule has 40 heavy (non-hydrogen) atoms. The Morgan fingerprint density at radius 1 is 0.475 bits per heavy atom. The van der Waals surface area contributed by atoms with Crippen molar-refractivity contribution in [2.45, 2.75) is 0 Å². The summed E-state index contributed by atoms with van der Waals surface area (Å²) in [6.45, 7) is 0. The predicted octanol–water partition coefficient (Wildman–Crippen LogP) is 6.47. The lowest BCUT2D eigenvalue weighted by Gasteiger charge is -2.25. The number of carbonyl (C=O) groups excluding carboxylic acids is 4. The number of para-hydroxylation sites is 2. The Hall–Kier alpha value is -4.54. The molecule has 0 unspecified atom stereocenters. The van der Waals surface area contributed by atoms with E-state index in [1.54, 1.807) is 48.5 Å². The lowest BCUT2D eigenvalue weighted by molar-refractivity contribution is 0.0592. The second-order valence-corrected chi connectivity index (χ2v) is 10.1. The van der Waals surface area contributed by atoms with E-state index in [2.05, 4.69) is 0 Å². The van der Waals surface area contributed by atoms with Crippen molar-refractivity contribution >= 4 is 57.1 Å². The Bertz CT molecular complexity index is 1370. The maximum absolute atomic E-state index is 13.6. The molecule has 0 aromatic heterocycles. The maximum Gasteiger partial charge on any atom is 0.337 e. The number of amides is 2. The highest BCUT2D eigenvalue weighted by atomic mass is 33.1. The quantitative estimate of drug-likeness (QED) is 0.128. The first-order valence-corrected chi connectivity index (χ1v) is 14.0. The Labute approximate surface area is 239 Å². The van der Waals surface area contributed by atoms with Crippen molar-refractivity contribution in [3.63, 3.8) is 0 Å². The maximum atomic E-state index is 13.6. The Balaban J connectivity index is 1.63. The summed E-state index contributed by atoms with van der Waals surface area (Å²) in [5.41, 5.74) is 2.55. The molecule has 0 saturated heterocycles. The zero-order chi connectivity index (χ0) is 28.5. The van der Waals surface area contributed by atoms with Crippen LogP contribution < -0.4 is 8.61 Å². The number of esters is 2. The number of hydrogen-bond acceptors (Lipinski definition) is 8. The molecule has 10 heteroatoms. The summed E-state index contributed by atoms with van der Waals surface area (Å²) in [4.78, 5) is 50.9. The molecular weight excluding hydrogens is 548 g/mol. The van der Waals surface area contributed by atoms with Gasteiger partial charge in [0.2, 0.25) is 0 Å². The number of carbonyl (C=O) groups is 4. The van der Waals surface area contributed by atoms with E-state index in [9.17, 15) is 19.2 Å². The average molecular weight is 573 g/mol. The van der Waals surface area contributed by atoms with Crippen molar-refractivity contribution in [2.75, 3.05) is 22.8 Å². The molecule has 0 N–H and O–H groups in total. The summed E-state index contributed by atoms with van der Waals surface area (Å²) in [6.07, 6.45) is 0. The van der Waals surface area contributed by atoms with Crippen molar-refractivity contribution < 1.29 is 28.7 Å². The Kier molecular flexibility index (Phi) is 9.61. The molecule has 4 rings (SSSR count). The highest BCUT2D eigenvalue weighted by molar-refractivity contribution is 8.78. The van der Waals surface area contributed by atoms with Gasteiger partial charge in [0, 0.05) is 11.1 Å². The van der Waals surface area contributed by atoms with Crippen LogP contribution >= 0.6 is 22.0 Å². The van der Waals surface area contributed by atoms with Crippen LogP contribution in [0.25, 0.3) is 0 Å². The van der Waals surface area contributed by atoms with Gasteiger partial charge in [0.05, 0.1) is 58.7 Å². The molecule has 0 atom stereocenters. The van der Waals surface area contributed by atoms with Gasteiger partial charge in [-0.2, -0.15) is 0 Å². The number of hydrogen-bond donors (Lipinski definition) is 0. The minimum Gasteiger partial charge on any atom is -0.465 e. The Morgan fingerprint density at radius 2 is 0.775 bits per heavy atom. The minimum absolute atomic E-state index is 0.325. The van der Waals surface area contributed by atoms with Gasteiger partial charge in [0.15, 0.2) is 0 Å². The highest BCUT2D eigenvalue weighted by Crippen LogP contribution is 2.39. The number of ether oxygens (including phenoxy) is 2. The molecule has 0 spiro atoms. The van der Waals surface area contributed by atoms with Gasteiger partial charge in [0.1, 0.15) is 0 Å². The molecule has 0 heterocycles. The largest absolute Gasteiger partial charge is 0.465 e. The van der Waals surface area contributed by atoms with Crippen molar-refractivity contribution in [1.29, 1.82) is 0 Å². The second-order valence-electron chi connectivity index (χ2n) is 8.16. The summed E-state index contributed by atoms with van der Waals surface area (Å²) < 4.78 is 12.4. The molecule has 0 bridgehead atoms. The fourth-order valence-corrected chi connectivity index (χ4v) is 5.77. The molecule has 0 aliphatic rings. The van der Waals surface area contributed by atoms with Crippen molar-refractivity contribution in [1.82, 2.24) is 0 Å². The van der Waals surface area contributed by atoms with Crippen LogP contribution in [0.2, 0.25) is 0 Å². The number of methoxy groups -OCH3 is 2. The third-order valence-corrected chi connectivity index (χ3v) is 7.85. The van der Waals surface area contributed by atoms with E-state index in [0.29, 0.717) is 33.6 Å². The molecule has 202 valence electrons. The first-order chi connectivity index (χ1) is 19.4. The van der Waals surface area contributed by atoms with E-state index in [0.717, 1.165) is 22.0 Å². The molecule has 0 fully saturated rings. The van der Waals surface area contributed by atoms with Gasteiger partial charge in [0.25, 0.3) is 11.8 Å². The van der Waals surface area contributed by atoms with E-state index in [1.165, 1.54) is 47.1 Å². The zero-order valence-electron chi connectivity index (χ0n) is 21.6. The van der Waals surface area contributed by atoms with E-state index >= 15 is 0 Å². The molecule has 0 aliphatic carbocycles. The van der Waals surface area contributed by atoms with Gasteiger partial charge >= 0.3 is 11.9 Å². The first kappa shape index (κ1) is 28.5. The van der Waals surface area contributed by atoms with Crippen LogP contribution in [-0.4, -0.2) is 38.0 Å². The Morgan fingerprint density at radius 3 is 1.07 bits per heavy atom. The lowest BCUT2D eigenvalue weighted by atomic mass is 10.1. The van der Waals surface area contributed by atoms with Gasteiger partial charge in [-0.1, -0.05) is 36.4 Å². The fourth-order valence-electron chi connectivity index (χ4n) is 3.55. The molecule has 0 aliphatic heterocycles. The standard InChI is InChI=1S/C30H24N2O6S2/c1-37-29(35)23-17-13-21(14-18-23)27(33)31(25-9-5-3-6-10-25)39-40-32(26-11-7-4-8-12-26)28(34)22-15-19-24(20-16-22)30(36)38-2/h3-20H,1-2H3. The summed E-state index contributed by atoms with van der Waals surface area (Å²) in [7, 11) is 4.72. The van der Waals surface area contributed by atoms with Gasteiger partial charge in [-0.25, -0.2) is 18.2 Å². The number of benzene rings is 4. The zero-order valence-corrected chi connectivity index (χ0v) is 23.2. The first-order valence-electron chi connectivity index (χ1n) is 11.9. The molecule has 4 aromatic carbocycles. The number of rotatable bonds is 9. The topological polar surface area (TPSA) is 93.2 Å². The van der Waals surface area contributed by atoms with Crippen LogP contribution in [0.15, 0.2) is 109 Å². The van der Waals surface area contributed by atoms with Crippen molar-refractivity contribution in [3.8, 4) is 0 Å². The number of nitrogens with zero attached hydrogens (tertiary/aromatic N) is 2. The van der Waals surface area contributed by atoms with E-state index in [-0.39, 0.29) is 11.8 Å². The van der Waals surface area contributed by atoms with Crippen molar-refractivity contribution in [2.24, 2.45) is 0 Å². The van der Waals surface area contributed by atoms with E-state index in [4.69, 9.17) is 9.47 Å². The molecule has 2 amide bonds. The van der Waals surface area contributed by atoms with Crippen LogP contribution in [0.5, 0.6) is 0 Å². The van der Waals surface area contributed by atoms with Crippen LogP contribution in [0.1, 0.15) is 41.4 Å². The SMILES string of the molecule is COC(=O)c1ccc(C(=O)N(SSN(C(=O)c2ccc(C(=O)OC)cc2)c2ccccc2)c2ccccc2)cc1. The molecule has 8 nitrogen and oxygen atoms in total. The van der Waals surface area contributed by atoms with Crippen LogP contribution in [0.3, 0.4) is 0 Å².